The largest absolute Gasteiger partial charge is 0.504 e. The van der Waals surface area contributed by atoms with Gasteiger partial charge in [-0.1, -0.05) is 21.1 Å². The van der Waals surface area contributed by atoms with E-state index < -0.39 is 11.3 Å². The summed E-state index contributed by atoms with van der Waals surface area (Å²) in [7, 11) is 0. The molecule has 51 heavy (non-hydrogen) atoms. The SMILES string of the molecule is O=C(Nc1cc(CN2CCNCC2)cc(N(F)F)c1)c1cccc2cc(Oc3ccnc4cc(OCCCN5CCOCC5)c(O)cc34)ccc12. The van der Waals surface area contributed by atoms with Crippen LogP contribution in [-0.4, -0.2) is 91.4 Å². The highest BCUT2D eigenvalue weighted by Crippen LogP contribution is 2.37. The lowest BCUT2D eigenvalue weighted by atomic mass is 10.0. The molecule has 5 aromatic rings. The smallest absolute Gasteiger partial charge is 0.256 e. The van der Waals surface area contributed by atoms with Gasteiger partial charge in [0.25, 0.3) is 5.91 Å². The Kier molecular flexibility index (Phi) is 10.7. The van der Waals surface area contributed by atoms with E-state index in [1.165, 1.54) is 12.1 Å². The fourth-order valence-electron chi connectivity index (χ4n) is 6.55. The molecule has 0 radical (unpaired) electrons. The molecule has 2 saturated heterocycles. The number of carbonyl (C=O) groups is 1. The minimum Gasteiger partial charge on any atom is -0.504 e. The molecule has 3 N–H and O–H groups in total. The van der Waals surface area contributed by atoms with Crippen LogP contribution in [0.2, 0.25) is 0 Å². The minimum atomic E-state index is -0.939. The Morgan fingerprint density at radius 3 is 2.61 bits per heavy atom. The van der Waals surface area contributed by atoms with Crippen molar-refractivity contribution in [2.75, 3.05) is 76.3 Å². The number of pyridine rings is 1. The quantitative estimate of drug-likeness (QED) is 0.103. The Morgan fingerprint density at radius 1 is 0.941 bits per heavy atom. The topological polar surface area (TPSA) is 112 Å². The summed E-state index contributed by atoms with van der Waals surface area (Å²) in [5.74, 6) is 0.951. The number of anilines is 2. The van der Waals surface area contributed by atoms with Crippen LogP contribution < -0.4 is 25.5 Å². The number of phenols is 1. The van der Waals surface area contributed by atoms with Gasteiger partial charge < -0.3 is 30.0 Å². The van der Waals surface area contributed by atoms with Gasteiger partial charge in [-0.3, -0.25) is 19.6 Å². The van der Waals surface area contributed by atoms with Crippen molar-refractivity contribution in [2.45, 2.75) is 13.0 Å². The highest BCUT2D eigenvalue weighted by atomic mass is 19.4. The summed E-state index contributed by atoms with van der Waals surface area (Å²) in [4.78, 5) is 22.5. The third-order valence-corrected chi connectivity index (χ3v) is 9.13. The number of piperazine rings is 1. The van der Waals surface area contributed by atoms with Crippen molar-refractivity contribution in [3.05, 3.63) is 90.1 Å². The molecule has 1 amide bonds. The van der Waals surface area contributed by atoms with Crippen LogP contribution >= 0.6 is 0 Å². The van der Waals surface area contributed by atoms with Gasteiger partial charge in [-0.05, 0) is 82.7 Å². The van der Waals surface area contributed by atoms with Crippen LogP contribution in [-0.2, 0) is 11.3 Å². The summed E-state index contributed by atoms with van der Waals surface area (Å²) >= 11 is 0. The van der Waals surface area contributed by atoms with Crippen LogP contribution in [0.25, 0.3) is 21.7 Å². The molecule has 11 nitrogen and oxygen atoms in total. The number of morpholine rings is 1. The first-order valence-electron chi connectivity index (χ1n) is 17.1. The average molecular weight is 699 g/mol. The number of ether oxygens (including phenoxy) is 3. The molecule has 0 unspecified atom stereocenters. The van der Waals surface area contributed by atoms with E-state index in [4.69, 9.17) is 14.2 Å². The highest BCUT2D eigenvalue weighted by Gasteiger charge is 2.17. The van der Waals surface area contributed by atoms with Crippen molar-refractivity contribution >= 4 is 39.0 Å². The fourth-order valence-corrected chi connectivity index (χ4v) is 6.55. The van der Waals surface area contributed by atoms with Gasteiger partial charge in [0.15, 0.2) is 11.5 Å². The Labute approximate surface area is 294 Å². The second-order valence-electron chi connectivity index (χ2n) is 12.7. The molecule has 0 atom stereocenters. The first kappa shape index (κ1) is 34.4. The molecule has 4 aromatic carbocycles. The maximum atomic E-state index is 13.7. The fraction of sp³-hybridized carbons (Fsp3) is 0.316. The van der Waals surface area contributed by atoms with Crippen molar-refractivity contribution in [1.82, 2.24) is 20.1 Å². The molecular formula is C38H40F2N6O5. The number of nitrogens with one attached hydrogen (secondary N) is 2. The molecule has 1 aromatic heterocycles. The van der Waals surface area contributed by atoms with Crippen LogP contribution in [0.4, 0.5) is 20.3 Å². The predicted molar refractivity (Wildman–Crippen MR) is 192 cm³/mol. The molecule has 0 spiro atoms. The number of benzene rings is 4. The van der Waals surface area contributed by atoms with Crippen LogP contribution in [0.5, 0.6) is 23.0 Å². The van der Waals surface area contributed by atoms with Gasteiger partial charge in [-0.25, -0.2) is 0 Å². The molecule has 0 saturated carbocycles. The Bertz CT molecular complexity index is 2000. The first-order chi connectivity index (χ1) is 24.9. The second-order valence-corrected chi connectivity index (χ2v) is 12.7. The van der Waals surface area contributed by atoms with Gasteiger partial charge >= 0.3 is 0 Å². The van der Waals surface area contributed by atoms with E-state index in [0.717, 1.165) is 70.8 Å². The molecule has 3 heterocycles. The second kappa shape index (κ2) is 15.9. The van der Waals surface area contributed by atoms with Crippen LogP contribution in [0.15, 0.2) is 79.0 Å². The maximum absolute atomic E-state index is 13.7. The zero-order chi connectivity index (χ0) is 35.2. The summed E-state index contributed by atoms with van der Waals surface area (Å²) in [6.07, 6.45) is 2.46. The number of hydrogen-bond acceptors (Lipinski definition) is 10. The monoisotopic (exact) mass is 698 g/mol. The van der Waals surface area contributed by atoms with Crippen molar-refractivity contribution in [2.24, 2.45) is 0 Å². The van der Waals surface area contributed by atoms with E-state index in [9.17, 15) is 18.9 Å². The summed E-state index contributed by atoms with van der Waals surface area (Å²) in [5, 5.41) is 18.0. The third kappa shape index (κ3) is 8.46. The molecule has 2 aliphatic rings. The van der Waals surface area contributed by atoms with E-state index in [1.807, 2.05) is 12.1 Å². The van der Waals surface area contributed by atoms with Gasteiger partial charge in [0.1, 0.15) is 17.2 Å². The van der Waals surface area contributed by atoms with Gasteiger partial charge in [-0.15, -0.1) is 0 Å². The molecule has 0 aliphatic carbocycles. The van der Waals surface area contributed by atoms with Crippen molar-refractivity contribution in [3.63, 3.8) is 0 Å². The van der Waals surface area contributed by atoms with Crippen LogP contribution in [0.3, 0.4) is 0 Å². The molecule has 0 bridgehead atoms. The molecule has 2 aliphatic heterocycles. The van der Waals surface area contributed by atoms with E-state index in [0.29, 0.717) is 57.8 Å². The molecule has 2 fully saturated rings. The van der Waals surface area contributed by atoms with E-state index >= 15 is 0 Å². The summed E-state index contributed by atoms with van der Waals surface area (Å²) in [6.45, 7) is 8.50. The number of fused-ring (bicyclic) bond motifs is 2. The van der Waals surface area contributed by atoms with Crippen LogP contribution in [0, 0.1) is 0 Å². The molecular weight excluding hydrogens is 658 g/mol. The number of hydrogen-bond donors (Lipinski definition) is 3. The van der Waals surface area contributed by atoms with Gasteiger partial charge in [0, 0.05) is 81.3 Å². The number of halogens is 2. The highest BCUT2D eigenvalue weighted by molar-refractivity contribution is 6.13. The number of aromatic hydroxyl groups is 1. The number of aromatic nitrogens is 1. The maximum Gasteiger partial charge on any atom is 0.256 e. The first-order valence-corrected chi connectivity index (χ1v) is 17.1. The van der Waals surface area contributed by atoms with Gasteiger partial charge in [-0.2, -0.15) is 0 Å². The zero-order valence-corrected chi connectivity index (χ0v) is 28.1. The standard InChI is InChI=1S/C38H40F2N6O5/c39-46(40)29-20-26(25-45-12-9-41-10-13-45)19-28(22-29)43-38(48)32-4-1-3-27-21-30(5-6-31(27)32)51-36-7-8-42-34-24-37(35(47)23-33(34)36)50-16-2-11-44-14-17-49-18-15-44/h1,3-8,19-24,41,47H,2,9-18,25H2,(H,43,48). The van der Waals surface area contributed by atoms with E-state index in [-0.39, 0.29) is 17.1 Å². The number of rotatable bonds is 12. The molecule has 7 rings (SSSR count). The van der Waals surface area contributed by atoms with Crippen molar-refractivity contribution < 1.29 is 33.1 Å². The lowest BCUT2D eigenvalue weighted by molar-refractivity contribution is 0.0357. The van der Waals surface area contributed by atoms with E-state index in [2.05, 4.69) is 25.4 Å². The Morgan fingerprint density at radius 2 is 1.78 bits per heavy atom. The lowest BCUT2D eigenvalue weighted by Crippen LogP contribution is -2.42. The zero-order valence-electron chi connectivity index (χ0n) is 28.1. The molecule has 266 valence electrons. The summed E-state index contributed by atoms with van der Waals surface area (Å²) < 4.78 is 44.9. The number of carbonyl (C=O) groups excluding carboxylic acids is 1. The predicted octanol–water partition coefficient (Wildman–Crippen LogP) is 6.22. The van der Waals surface area contributed by atoms with Gasteiger partial charge in [0.2, 0.25) is 0 Å². The van der Waals surface area contributed by atoms with Crippen molar-refractivity contribution in [3.8, 4) is 23.0 Å². The lowest BCUT2D eigenvalue weighted by Gasteiger charge is -2.27. The number of amides is 1. The Balaban J connectivity index is 1.05. The van der Waals surface area contributed by atoms with Crippen LogP contribution in [0.1, 0.15) is 22.3 Å². The number of phenolic OH excluding ortho intramolecular Hbond substituents is 1. The third-order valence-electron chi connectivity index (χ3n) is 9.13. The van der Waals surface area contributed by atoms with Gasteiger partial charge in [0.05, 0.1) is 25.3 Å². The summed E-state index contributed by atoms with van der Waals surface area (Å²) in [6, 6.07) is 20.2. The normalized spacial score (nSPS) is 15.6. The molecule has 13 heteroatoms. The average Bonchev–Trinajstić information content (AvgIpc) is 3.14. The number of nitrogens with zero attached hydrogens (tertiary/aromatic N) is 4. The Hall–Kier alpha value is -5.08. The van der Waals surface area contributed by atoms with E-state index in [1.54, 1.807) is 54.7 Å². The minimum absolute atomic E-state index is 0.00641. The summed E-state index contributed by atoms with van der Waals surface area (Å²) in [5.41, 5.74) is 1.68. The van der Waals surface area contributed by atoms with Crippen molar-refractivity contribution in [1.29, 1.82) is 0 Å².